The number of fused-ring (bicyclic) bond motifs is 13. The van der Waals surface area contributed by atoms with Crippen LogP contribution >= 0.6 is 0 Å². The van der Waals surface area contributed by atoms with Crippen LogP contribution < -0.4 is 0 Å². The van der Waals surface area contributed by atoms with Gasteiger partial charge in [0, 0.05) is 38.3 Å². The van der Waals surface area contributed by atoms with E-state index in [2.05, 4.69) is 179 Å². The summed E-state index contributed by atoms with van der Waals surface area (Å²) in [5, 5.41) is 12.7. The SMILES string of the molecule is c1ccc2cc(-n3c4c5ccccc5ccc4c4ccc5c(c6ccccc6n5-c5ccc6c(c5)-c5cccc7cccc-6c57)c43)ccc2c1. The molecule has 0 fully saturated rings. The largest absolute Gasteiger partial charge is 0.309 e. The monoisotopic (exact) mass is 632 g/mol. The molecule has 11 aromatic rings. The molecule has 2 heterocycles. The van der Waals surface area contributed by atoms with Crippen LogP contribution in [0.3, 0.4) is 0 Å². The molecule has 0 amide bonds. The maximum Gasteiger partial charge on any atom is 0.0641 e. The number of hydrogen-bond donors (Lipinski definition) is 0. The molecule has 0 bridgehead atoms. The van der Waals surface area contributed by atoms with Crippen LogP contribution in [0, 0.1) is 0 Å². The van der Waals surface area contributed by atoms with E-state index in [4.69, 9.17) is 0 Å². The van der Waals surface area contributed by atoms with Crippen LogP contribution in [0.1, 0.15) is 0 Å². The molecule has 0 saturated heterocycles. The van der Waals surface area contributed by atoms with Gasteiger partial charge < -0.3 is 9.13 Å². The van der Waals surface area contributed by atoms with E-state index in [1.165, 1.54) is 110 Å². The third kappa shape index (κ3) is 3.32. The van der Waals surface area contributed by atoms with Gasteiger partial charge in [0.25, 0.3) is 0 Å². The lowest BCUT2D eigenvalue weighted by atomic mass is 10.0. The third-order valence-corrected chi connectivity index (χ3v) is 11.2. The van der Waals surface area contributed by atoms with E-state index in [0.29, 0.717) is 0 Å². The van der Waals surface area contributed by atoms with E-state index < -0.39 is 0 Å². The zero-order chi connectivity index (χ0) is 32.5. The van der Waals surface area contributed by atoms with E-state index in [1.54, 1.807) is 0 Å². The van der Waals surface area contributed by atoms with Gasteiger partial charge in [-0.1, -0.05) is 133 Å². The Hall–Kier alpha value is -6.64. The highest BCUT2D eigenvalue weighted by atomic mass is 15.0. The number of para-hydroxylation sites is 1. The lowest BCUT2D eigenvalue weighted by Gasteiger charge is -2.13. The standard InChI is InChI=1S/C48H28N2/c1-2-11-32-27-33(21-19-29(32)9-1)50-47-35-14-4-3-10-30(35)20-23-39(47)40-25-26-44-46(48(40)50)41-15-5-6-18-43(41)49(44)34-22-24-36-37-16-7-12-31-13-8-17-38(45(31)37)42(36)28-34/h1-28H. The number of benzene rings is 9. The van der Waals surface area contributed by atoms with Gasteiger partial charge in [0.1, 0.15) is 0 Å². The zero-order valence-corrected chi connectivity index (χ0v) is 27.1. The molecule has 230 valence electrons. The minimum Gasteiger partial charge on any atom is -0.309 e. The number of nitrogens with zero attached hydrogens (tertiary/aromatic N) is 2. The Bertz CT molecular complexity index is 3260. The van der Waals surface area contributed by atoms with Gasteiger partial charge in [-0.15, -0.1) is 0 Å². The van der Waals surface area contributed by atoms with Crippen molar-refractivity contribution in [3.8, 4) is 33.6 Å². The molecule has 0 radical (unpaired) electrons. The molecule has 0 saturated carbocycles. The molecule has 0 unspecified atom stereocenters. The Kier molecular flexibility index (Phi) is 5.00. The minimum atomic E-state index is 1.17. The van der Waals surface area contributed by atoms with E-state index in [-0.39, 0.29) is 0 Å². The van der Waals surface area contributed by atoms with Gasteiger partial charge in [-0.05, 0) is 85.6 Å². The molecular weight excluding hydrogens is 605 g/mol. The maximum atomic E-state index is 2.54. The Morgan fingerprint density at radius 2 is 0.920 bits per heavy atom. The molecule has 0 atom stereocenters. The Morgan fingerprint density at radius 1 is 0.280 bits per heavy atom. The Morgan fingerprint density at radius 3 is 1.80 bits per heavy atom. The number of rotatable bonds is 2. The molecule has 9 aromatic carbocycles. The number of aromatic nitrogens is 2. The van der Waals surface area contributed by atoms with Gasteiger partial charge >= 0.3 is 0 Å². The molecule has 0 aliphatic heterocycles. The summed E-state index contributed by atoms with van der Waals surface area (Å²) in [5.74, 6) is 0. The molecular formula is C48H28N2. The Balaban J connectivity index is 1.23. The van der Waals surface area contributed by atoms with E-state index in [0.717, 1.165) is 0 Å². The first-order valence-corrected chi connectivity index (χ1v) is 17.4. The van der Waals surface area contributed by atoms with Crippen LogP contribution in [-0.4, -0.2) is 9.13 Å². The number of hydrogen-bond acceptors (Lipinski definition) is 0. The summed E-state index contributed by atoms with van der Waals surface area (Å²) in [7, 11) is 0. The molecule has 2 aromatic heterocycles. The van der Waals surface area contributed by atoms with Gasteiger partial charge in [-0.25, -0.2) is 0 Å². The molecule has 0 N–H and O–H groups in total. The topological polar surface area (TPSA) is 9.86 Å². The van der Waals surface area contributed by atoms with Crippen LogP contribution in [0.2, 0.25) is 0 Å². The average molecular weight is 633 g/mol. The third-order valence-electron chi connectivity index (χ3n) is 11.2. The smallest absolute Gasteiger partial charge is 0.0641 e. The van der Waals surface area contributed by atoms with Crippen LogP contribution in [-0.2, 0) is 0 Å². The fourth-order valence-electron chi connectivity index (χ4n) is 9.09. The van der Waals surface area contributed by atoms with Crippen LogP contribution in [0.5, 0.6) is 0 Å². The minimum absolute atomic E-state index is 1.17. The molecule has 2 nitrogen and oxygen atoms in total. The summed E-state index contributed by atoms with van der Waals surface area (Å²) >= 11 is 0. The molecule has 2 heteroatoms. The second-order valence-electron chi connectivity index (χ2n) is 13.7. The fourth-order valence-corrected chi connectivity index (χ4v) is 9.09. The second-order valence-corrected chi connectivity index (χ2v) is 13.7. The fraction of sp³-hybridized carbons (Fsp3) is 0. The van der Waals surface area contributed by atoms with Crippen LogP contribution in [0.25, 0.3) is 110 Å². The van der Waals surface area contributed by atoms with E-state index in [9.17, 15) is 0 Å². The van der Waals surface area contributed by atoms with Crippen molar-refractivity contribution in [3.05, 3.63) is 170 Å². The van der Waals surface area contributed by atoms with Gasteiger partial charge in [-0.2, -0.15) is 0 Å². The van der Waals surface area contributed by atoms with Crippen molar-refractivity contribution in [2.75, 3.05) is 0 Å². The van der Waals surface area contributed by atoms with Crippen LogP contribution in [0.4, 0.5) is 0 Å². The lowest BCUT2D eigenvalue weighted by Crippen LogP contribution is -1.96. The molecule has 1 aliphatic carbocycles. The lowest BCUT2D eigenvalue weighted by molar-refractivity contribution is 1.18. The van der Waals surface area contributed by atoms with E-state index in [1.807, 2.05) is 0 Å². The molecule has 1 aliphatic rings. The first-order valence-electron chi connectivity index (χ1n) is 17.4. The van der Waals surface area contributed by atoms with Crippen molar-refractivity contribution < 1.29 is 0 Å². The summed E-state index contributed by atoms with van der Waals surface area (Å²) in [6.07, 6.45) is 0. The zero-order valence-electron chi connectivity index (χ0n) is 27.1. The first kappa shape index (κ1) is 26.3. The van der Waals surface area contributed by atoms with Crippen molar-refractivity contribution in [1.29, 1.82) is 0 Å². The summed E-state index contributed by atoms with van der Waals surface area (Å²) in [5.41, 5.74) is 12.5. The highest BCUT2D eigenvalue weighted by molar-refractivity contribution is 6.29. The predicted octanol–water partition coefficient (Wildman–Crippen LogP) is 13.0. The quantitative estimate of drug-likeness (QED) is 0.179. The van der Waals surface area contributed by atoms with Crippen LogP contribution in [0.15, 0.2) is 170 Å². The van der Waals surface area contributed by atoms with Gasteiger partial charge in [0.05, 0.1) is 22.1 Å². The molecule has 0 spiro atoms. The summed E-state index contributed by atoms with van der Waals surface area (Å²) in [6.45, 7) is 0. The predicted molar refractivity (Wildman–Crippen MR) is 212 cm³/mol. The van der Waals surface area contributed by atoms with Crippen molar-refractivity contribution in [3.63, 3.8) is 0 Å². The summed E-state index contributed by atoms with van der Waals surface area (Å²) < 4.78 is 5.02. The van der Waals surface area contributed by atoms with Gasteiger partial charge in [0.2, 0.25) is 0 Å². The molecule has 50 heavy (non-hydrogen) atoms. The van der Waals surface area contributed by atoms with Crippen molar-refractivity contribution in [2.24, 2.45) is 0 Å². The molecule has 12 rings (SSSR count). The highest BCUT2D eigenvalue weighted by Gasteiger charge is 2.25. The average Bonchev–Trinajstić information content (AvgIpc) is 3.81. The summed E-state index contributed by atoms with van der Waals surface area (Å²) in [4.78, 5) is 0. The van der Waals surface area contributed by atoms with Crippen molar-refractivity contribution >= 4 is 75.9 Å². The maximum absolute atomic E-state index is 2.54. The van der Waals surface area contributed by atoms with Crippen molar-refractivity contribution in [2.45, 2.75) is 0 Å². The highest BCUT2D eigenvalue weighted by Crippen LogP contribution is 2.49. The van der Waals surface area contributed by atoms with Crippen molar-refractivity contribution in [1.82, 2.24) is 9.13 Å². The van der Waals surface area contributed by atoms with Gasteiger partial charge in [0.15, 0.2) is 0 Å². The normalized spacial score (nSPS) is 12.4. The first-order chi connectivity index (χ1) is 24.8. The second kappa shape index (κ2) is 9.49. The van der Waals surface area contributed by atoms with Gasteiger partial charge in [-0.3, -0.25) is 0 Å². The Labute approximate surface area is 287 Å². The summed E-state index contributed by atoms with van der Waals surface area (Å²) in [6, 6.07) is 63.0. The van der Waals surface area contributed by atoms with E-state index >= 15 is 0 Å².